The fourth-order valence-corrected chi connectivity index (χ4v) is 5.05. The molecule has 5 aromatic carbocycles. The Morgan fingerprint density at radius 3 is 1.87 bits per heavy atom. The van der Waals surface area contributed by atoms with Crippen LogP contribution in [0.3, 0.4) is 0 Å². The molecule has 0 N–H and O–H groups in total. The Morgan fingerprint density at radius 2 is 1.26 bits per heavy atom. The van der Waals surface area contributed by atoms with Crippen molar-refractivity contribution < 1.29 is 49.0 Å². The van der Waals surface area contributed by atoms with Gasteiger partial charge in [0.1, 0.15) is 0 Å². The molecular weight excluding hydrogens is 583 g/mol. The standard InChI is InChI=1S/C17H18.C13H9.C5H5.2ClH.Zr/c1-17(2,3)16-11-9-15(10-12-16)13-14-7-5-4-6-8-14;1-3-7-12-10(5-1)9-11-6-2-4-8-13(11)12;1-2-4-5-3-1;;;/h4-12H,1-3H3;1-5,7-8H,9H2;1-5H;2*1H;/q;2*-1;;;+2/p-2. The average Bonchev–Trinajstić information content (AvgIpc) is 3.61. The van der Waals surface area contributed by atoms with Gasteiger partial charge in [-0.2, -0.15) is 48.0 Å². The van der Waals surface area contributed by atoms with Crippen molar-refractivity contribution in [2.24, 2.45) is 0 Å². The van der Waals surface area contributed by atoms with Crippen molar-refractivity contribution >= 4 is 3.21 Å². The van der Waals surface area contributed by atoms with E-state index in [1.54, 1.807) is 0 Å². The summed E-state index contributed by atoms with van der Waals surface area (Å²) in [6.45, 7) is 6.75. The summed E-state index contributed by atoms with van der Waals surface area (Å²) in [7, 11) is 0. The van der Waals surface area contributed by atoms with E-state index in [9.17, 15) is 0 Å². The molecule has 0 unspecified atom stereocenters. The fraction of sp³-hybridized carbons (Fsp3) is 0.143. The summed E-state index contributed by atoms with van der Waals surface area (Å²) in [5, 5.41) is 0. The van der Waals surface area contributed by atoms with Crippen LogP contribution in [-0.4, -0.2) is 3.21 Å². The monoisotopic (exact) mass is 612 g/mol. The second kappa shape index (κ2) is 15.2. The number of hydrogen-bond donors (Lipinski definition) is 0. The summed E-state index contributed by atoms with van der Waals surface area (Å²) in [5.74, 6) is 0. The van der Waals surface area contributed by atoms with Crippen LogP contribution in [0.4, 0.5) is 0 Å². The van der Waals surface area contributed by atoms with Crippen LogP contribution in [0.5, 0.6) is 0 Å². The van der Waals surface area contributed by atoms with Crippen molar-refractivity contribution in [3.63, 3.8) is 0 Å². The molecule has 0 amide bonds. The number of rotatable bonds is 2. The molecule has 6 rings (SSSR count). The number of fused-ring (bicyclic) bond motifs is 3. The molecule has 1 aliphatic carbocycles. The van der Waals surface area contributed by atoms with E-state index >= 15 is 0 Å². The van der Waals surface area contributed by atoms with E-state index in [2.05, 4.69) is 118 Å². The molecule has 0 heterocycles. The predicted octanol–water partition coefficient (Wildman–Crippen LogP) is 2.57. The van der Waals surface area contributed by atoms with Gasteiger partial charge in [0.2, 0.25) is 0 Å². The van der Waals surface area contributed by atoms with E-state index in [0.717, 1.165) is 6.42 Å². The van der Waals surface area contributed by atoms with Gasteiger partial charge in [-0.3, -0.25) is 0 Å². The minimum atomic E-state index is 0. The smallest absolute Gasteiger partial charge is 0.0253 e. The summed E-state index contributed by atoms with van der Waals surface area (Å²) < 4.78 is 1.42. The molecule has 0 aliphatic heterocycles. The molecular formula is C35H32Cl2Zr-2. The Balaban J connectivity index is 0.000000221. The number of benzene rings is 4. The molecule has 38 heavy (non-hydrogen) atoms. The van der Waals surface area contributed by atoms with E-state index in [-0.39, 0.29) is 30.2 Å². The molecule has 3 heteroatoms. The molecule has 0 nitrogen and oxygen atoms in total. The first-order valence-corrected chi connectivity index (χ1v) is 13.7. The topological polar surface area (TPSA) is 0 Å². The number of hydrogen-bond acceptors (Lipinski definition) is 0. The van der Waals surface area contributed by atoms with Crippen molar-refractivity contribution in [2.75, 3.05) is 0 Å². The Morgan fingerprint density at radius 1 is 0.684 bits per heavy atom. The van der Waals surface area contributed by atoms with Gasteiger partial charge in [0.25, 0.3) is 0 Å². The van der Waals surface area contributed by atoms with Crippen molar-refractivity contribution in [3.8, 4) is 11.1 Å². The maximum Gasteiger partial charge on any atom is -0.0253 e. The van der Waals surface area contributed by atoms with Crippen molar-refractivity contribution in [3.05, 3.63) is 161 Å². The fourth-order valence-electron chi connectivity index (χ4n) is 4.23. The molecule has 0 aromatic heterocycles. The third kappa shape index (κ3) is 8.54. The molecule has 5 aromatic rings. The SMILES string of the molecule is CC(C)(C)c1ccc([C](=[Zr+2])c2ccccc2)cc1.[Cl-].[Cl-].[c-]1cccc2c1Cc1ccccc1-2.c1cc[cH-]c1. The third-order valence-corrected chi connectivity index (χ3v) is 7.69. The van der Waals surface area contributed by atoms with Crippen LogP contribution < -0.4 is 24.8 Å². The van der Waals surface area contributed by atoms with Crippen LogP contribution in [-0.2, 0) is 36.1 Å². The summed E-state index contributed by atoms with van der Waals surface area (Å²) in [4.78, 5) is 0. The Labute approximate surface area is 255 Å². The zero-order valence-corrected chi connectivity index (χ0v) is 26.1. The van der Waals surface area contributed by atoms with Gasteiger partial charge in [-0.05, 0) is 6.42 Å². The van der Waals surface area contributed by atoms with Gasteiger partial charge in [0.05, 0.1) is 0 Å². The zero-order valence-electron chi connectivity index (χ0n) is 22.1. The van der Waals surface area contributed by atoms with Gasteiger partial charge in [-0.15, -0.1) is 5.56 Å². The quantitative estimate of drug-likeness (QED) is 0.263. The molecule has 0 saturated heterocycles. The first-order chi connectivity index (χ1) is 17.4. The van der Waals surface area contributed by atoms with Crippen LogP contribution in [0, 0.1) is 6.07 Å². The van der Waals surface area contributed by atoms with Gasteiger partial charge >= 0.3 is 125 Å². The summed E-state index contributed by atoms with van der Waals surface area (Å²) in [6.07, 6.45) is 1.05. The van der Waals surface area contributed by atoms with E-state index in [4.69, 9.17) is 0 Å². The maximum atomic E-state index is 3.30. The van der Waals surface area contributed by atoms with Crippen LogP contribution >= 0.6 is 0 Å². The average molecular weight is 615 g/mol. The Bertz CT molecular complexity index is 1320. The van der Waals surface area contributed by atoms with Gasteiger partial charge in [-0.1, -0.05) is 35.4 Å². The van der Waals surface area contributed by atoms with Gasteiger partial charge in [0.15, 0.2) is 0 Å². The molecule has 0 fully saturated rings. The minimum absolute atomic E-state index is 0. The number of halogens is 2. The van der Waals surface area contributed by atoms with Gasteiger partial charge in [0, 0.05) is 0 Å². The second-order valence-electron chi connectivity index (χ2n) is 9.93. The molecule has 0 atom stereocenters. The third-order valence-electron chi connectivity index (χ3n) is 6.27. The van der Waals surface area contributed by atoms with Gasteiger partial charge in [-0.25, -0.2) is 12.1 Å². The van der Waals surface area contributed by atoms with Crippen molar-refractivity contribution in [2.45, 2.75) is 32.6 Å². The predicted molar refractivity (Wildman–Crippen MR) is 150 cm³/mol. The summed E-state index contributed by atoms with van der Waals surface area (Å²) >= 11 is 1.46. The summed E-state index contributed by atoms with van der Waals surface area (Å²) in [5.41, 5.74) is 9.80. The van der Waals surface area contributed by atoms with E-state index in [1.165, 1.54) is 66.4 Å². The van der Waals surface area contributed by atoms with Crippen molar-refractivity contribution in [1.29, 1.82) is 0 Å². The normalized spacial score (nSPS) is 10.7. The van der Waals surface area contributed by atoms with Crippen molar-refractivity contribution in [1.82, 2.24) is 0 Å². The second-order valence-corrected chi connectivity index (χ2v) is 11.2. The molecule has 0 radical (unpaired) electrons. The van der Waals surface area contributed by atoms with E-state index in [0.29, 0.717) is 0 Å². The molecule has 1 aliphatic rings. The Hall–Kier alpha value is -2.44. The van der Waals surface area contributed by atoms with Crippen LogP contribution in [0.15, 0.2) is 127 Å². The Kier molecular flexibility index (Phi) is 12.7. The largest absolute Gasteiger partial charge is 1.00 e. The summed E-state index contributed by atoms with van der Waals surface area (Å²) in [6, 6.07) is 47.7. The minimum Gasteiger partial charge on any atom is -1.00 e. The van der Waals surface area contributed by atoms with E-state index < -0.39 is 0 Å². The van der Waals surface area contributed by atoms with Crippen LogP contribution in [0.25, 0.3) is 11.1 Å². The van der Waals surface area contributed by atoms with Crippen LogP contribution in [0.1, 0.15) is 48.6 Å². The molecule has 0 saturated carbocycles. The maximum absolute atomic E-state index is 3.30. The molecule has 192 valence electrons. The molecule has 0 spiro atoms. The van der Waals surface area contributed by atoms with Gasteiger partial charge < -0.3 is 24.8 Å². The van der Waals surface area contributed by atoms with Crippen LogP contribution in [0.2, 0.25) is 0 Å². The first-order valence-electron chi connectivity index (χ1n) is 12.4. The van der Waals surface area contributed by atoms with E-state index in [1.807, 2.05) is 36.4 Å². The zero-order chi connectivity index (χ0) is 25.4. The first kappa shape index (κ1) is 31.8. The molecule has 0 bridgehead atoms.